The fraction of sp³-hybridized carbons (Fsp3) is 0.278. The van der Waals surface area contributed by atoms with Crippen molar-refractivity contribution in [3.05, 3.63) is 50.4 Å². The lowest BCUT2D eigenvalue weighted by molar-refractivity contribution is 0.102. The van der Waals surface area contributed by atoms with Crippen molar-refractivity contribution >= 4 is 43.5 Å². The van der Waals surface area contributed by atoms with Gasteiger partial charge < -0.3 is 14.8 Å². The van der Waals surface area contributed by atoms with Crippen molar-refractivity contribution in [1.29, 1.82) is 0 Å². The molecule has 0 atom stereocenters. The van der Waals surface area contributed by atoms with E-state index in [1.165, 1.54) is 0 Å². The number of anilines is 1. The molecule has 0 radical (unpaired) electrons. The average molecular weight is 457 g/mol. The lowest BCUT2D eigenvalue weighted by Gasteiger charge is -2.14. The molecule has 0 spiro atoms. The standard InChI is InChI=1S/C18H19Br2NO3/c1-4-23-16-10-12(9-15(20)17(16)24-5-2)18(22)21-13-6-7-14(19)11(3)8-13/h6-10H,4-5H2,1-3H3,(H,21,22). The van der Waals surface area contributed by atoms with Gasteiger partial charge in [-0.1, -0.05) is 15.9 Å². The van der Waals surface area contributed by atoms with E-state index in [4.69, 9.17) is 9.47 Å². The molecular weight excluding hydrogens is 438 g/mol. The first-order valence-corrected chi connectivity index (χ1v) is 9.21. The van der Waals surface area contributed by atoms with Gasteiger partial charge in [-0.05, 0) is 72.6 Å². The summed E-state index contributed by atoms with van der Waals surface area (Å²) in [6.07, 6.45) is 0. The number of carbonyl (C=O) groups excluding carboxylic acids is 1. The van der Waals surface area contributed by atoms with E-state index in [1.54, 1.807) is 12.1 Å². The molecule has 0 aliphatic heterocycles. The number of amides is 1. The molecule has 2 rings (SSSR count). The van der Waals surface area contributed by atoms with E-state index in [2.05, 4.69) is 37.2 Å². The molecule has 128 valence electrons. The third-order valence-corrected chi connectivity index (χ3v) is 4.75. The maximum Gasteiger partial charge on any atom is 0.255 e. The molecule has 1 N–H and O–H groups in total. The minimum absolute atomic E-state index is 0.207. The van der Waals surface area contributed by atoms with E-state index in [-0.39, 0.29) is 5.91 Å². The van der Waals surface area contributed by atoms with Gasteiger partial charge in [0.05, 0.1) is 17.7 Å². The van der Waals surface area contributed by atoms with Crippen molar-refractivity contribution in [3.8, 4) is 11.5 Å². The normalized spacial score (nSPS) is 10.4. The monoisotopic (exact) mass is 455 g/mol. The number of aryl methyl sites for hydroxylation is 1. The summed E-state index contributed by atoms with van der Waals surface area (Å²) in [6, 6.07) is 9.09. The summed E-state index contributed by atoms with van der Waals surface area (Å²) in [5.74, 6) is 0.947. The summed E-state index contributed by atoms with van der Waals surface area (Å²) < 4.78 is 12.9. The number of hydrogen-bond donors (Lipinski definition) is 1. The van der Waals surface area contributed by atoms with Gasteiger partial charge in [0.25, 0.3) is 5.91 Å². The molecule has 0 fully saturated rings. The first-order chi connectivity index (χ1) is 11.5. The van der Waals surface area contributed by atoms with Gasteiger partial charge in [0.15, 0.2) is 11.5 Å². The number of ether oxygens (including phenoxy) is 2. The molecular formula is C18H19Br2NO3. The Morgan fingerprint density at radius 1 is 1.04 bits per heavy atom. The highest BCUT2D eigenvalue weighted by Crippen LogP contribution is 2.37. The Morgan fingerprint density at radius 2 is 1.75 bits per heavy atom. The fourth-order valence-electron chi connectivity index (χ4n) is 2.17. The van der Waals surface area contributed by atoms with Gasteiger partial charge in [0.1, 0.15) is 0 Å². The first-order valence-electron chi connectivity index (χ1n) is 7.62. The molecule has 0 heterocycles. The molecule has 24 heavy (non-hydrogen) atoms. The van der Waals surface area contributed by atoms with E-state index in [0.29, 0.717) is 34.7 Å². The van der Waals surface area contributed by atoms with Crippen molar-refractivity contribution in [2.75, 3.05) is 18.5 Å². The number of benzene rings is 2. The zero-order chi connectivity index (χ0) is 17.7. The first kappa shape index (κ1) is 18.8. The maximum atomic E-state index is 12.5. The van der Waals surface area contributed by atoms with E-state index in [1.807, 2.05) is 39.0 Å². The summed E-state index contributed by atoms with van der Waals surface area (Å²) in [6.45, 7) is 6.77. The average Bonchev–Trinajstić information content (AvgIpc) is 2.54. The van der Waals surface area contributed by atoms with Gasteiger partial charge in [0, 0.05) is 15.7 Å². The summed E-state index contributed by atoms with van der Waals surface area (Å²) in [5, 5.41) is 2.90. The Bertz CT molecular complexity index is 747. The molecule has 0 saturated heterocycles. The quantitative estimate of drug-likeness (QED) is 0.618. The summed E-state index contributed by atoms with van der Waals surface area (Å²) in [7, 11) is 0. The number of carbonyl (C=O) groups is 1. The molecule has 1 amide bonds. The third kappa shape index (κ3) is 4.51. The van der Waals surface area contributed by atoms with Crippen LogP contribution in [0.5, 0.6) is 11.5 Å². The van der Waals surface area contributed by atoms with Gasteiger partial charge in [-0.2, -0.15) is 0 Å². The number of rotatable bonds is 6. The molecule has 0 saturated carbocycles. The predicted molar refractivity (Wildman–Crippen MR) is 103 cm³/mol. The molecule has 4 nitrogen and oxygen atoms in total. The van der Waals surface area contributed by atoms with Gasteiger partial charge in [-0.25, -0.2) is 0 Å². The highest BCUT2D eigenvalue weighted by molar-refractivity contribution is 9.10. The molecule has 0 bridgehead atoms. The van der Waals surface area contributed by atoms with Crippen LogP contribution in [0.25, 0.3) is 0 Å². The van der Waals surface area contributed by atoms with E-state index < -0.39 is 0 Å². The van der Waals surface area contributed by atoms with Crippen LogP contribution in [-0.4, -0.2) is 19.1 Å². The molecule has 0 aliphatic rings. The fourth-order valence-corrected chi connectivity index (χ4v) is 2.98. The van der Waals surface area contributed by atoms with Crippen LogP contribution in [0.1, 0.15) is 29.8 Å². The highest BCUT2D eigenvalue weighted by Gasteiger charge is 2.16. The number of hydrogen-bond acceptors (Lipinski definition) is 3. The molecule has 0 aliphatic carbocycles. The molecule has 6 heteroatoms. The molecule has 2 aromatic rings. The van der Waals surface area contributed by atoms with Gasteiger partial charge in [-0.15, -0.1) is 0 Å². The second kappa shape index (κ2) is 8.53. The zero-order valence-corrected chi connectivity index (χ0v) is 17.0. The van der Waals surface area contributed by atoms with E-state index in [0.717, 1.165) is 15.7 Å². The maximum absolute atomic E-state index is 12.5. The Hall–Kier alpha value is -1.53. The van der Waals surface area contributed by atoms with Gasteiger partial charge in [-0.3, -0.25) is 4.79 Å². The predicted octanol–water partition coefficient (Wildman–Crippen LogP) is 5.57. The van der Waals surface area contributed by atoms with Crippen LogP contribution in [0.15, 0.2) is 39.3 Å². The Kier molecular flexibility index (Phi) is 6.69. The number of nitrogens with one attached hydrogen (secondary N) is 1. The van der Waals surface area contributed by atoms with Crippen molar-refractivity contribution in [1.82, 2.24) is 0 Å². The van der Waals surface area contributed by atoms with Crippen molar-refractivity contribution in [2.45, 2.75) is 20.8 Å². The van der Waals surface area contributed by atoms with Crippen LogP contribution >= 0.6 is 31.9 Å². The molecule has 0 unspecified atom stereocenters. The zero-order valence-electron chi connectivity index (χ0n) is 13.8. The number of halogens is 2. The summed E-state index contributed by atoms with van der Waals surface area (Å²) >= 11 is 6.90. The van der Waals surface area contributed by atoms with Crippen LogP contribution < -0.4 is 14.8 Å². The second-order valence-electron chi connectivity index (χ2n) is 5.07. The van der Waals surface area contributed by atoms with Crippen molar-refractivity contribution in [3.63, 3.8) is 0 Å². The van der Waals surface area contributed by atoms with Crippen LogP contribution in [0.2, 0.25) is 0 Å². The van der Waals surface area contributed by atoms with Crippen LogP contribution in [0, 0.1) is 6.92 Å². The van der Waals surface area contributed by atoms with Crippen LogP contribution in [-0.2, 0) is 0 Å². The van der Waals surface area contributed by atoms with Gasteiger partial charge >= 0.3 is 0 Å². The minimum Gasteiger partial charge on any atom is -0.490 e. The van der Waals surface area contributed by atoms with Crippen LogP contribution in [0.4, 0.5) is 5.69 Å². The van der Waals surface area contributed by atoms with Gasteiger partial charge in [0.2, 0.25) is 0 Å². The Balaban J connectivity index is 2.29. The summed E-state index contributed by atoms with van der Waals surface area (Å²) in [4.78, 5) is 12.5. The lowest BCUT2D eigenvalue weighted by Crippen LogP contribution is -2.13. The molecule has 0 aromatic heterocycles. The molecule has 2 aromatic carbocycles. The topological polar surface area (TPSA) is 47.6 Å². The Labute approximate surface area is 158 Å². The minimum atomic E-state index is -0.207. The largest absolute Gasteiger partial charge is 0.490 e. The Morgan fingerprint density at radius 3 is 2.38 bits per heavy atom. The van der Waals surface area contributed by atoms with Crippen LogP contribution in [0.3, 0.4) is 0 Å². The smallest absolute Gasteiger partial charge is 0.255 e. The van der Waals surface area contributed by atoms with Crippen molar-refractivity contribution < 1.29 is 14.3 Å². The second-order valence-corrected chi connectivity index (χ2v) is 6.78. The SMILES string of the molecule is CCOc1cc(C(=O)Nc2ccc(Br)c(C)c2)cc(Br)c1OCC. The van der Waals surface area contributed by atoms with Crippen molar-refractivity contribution in [2.24, 2.45) is 0 Å². The lowest BCUT2D eigenvalue weighted by atomic mass is 10.1. The third-order valence-electron chi connectivity index (χ3n) is 3.28. The summed E-state index contributed by atoms with van der Waals surface area (Å²) in [5.41, 5.74) is 2.29. The van der Waals surface area contributed by atoms with E-state index >= 15 is 0 Å². The van der Waals surface area contributed by atoms with E-state index in [9.17, 15) is 4.79 Å². The highest BCUT2D eigenvalue weighted by atomic mass is 79.9.